The quantitative estimate of drug-likeness (QED) is 0.317. The van der Waals surface area contributed by atoms with Gasteiger partial charge in [-0.25, -0.2) is 8.78 Å². The van der Waals surface area contributed by atoms with E-state index in [1.807, 2.05) is 19.1 Å². The number of amides is 1. The monoisotopic (exact) mass is 476 g/mol. The summed E-state index contributed by atoms with van der Waals surface area (Å²) < 4.78 is 33.3. The minimum atomic E-state index is -2.86. The van der Waals surface area contributed by atoms with Crippen LogP contribution in [0.2, 0.25) is 5.02 Å². The molecule has 11 heteroatoms. The van der Waals surface area contributed by atoms with E-state index in [0.717, 1.165) is 18.4 Å². The first kappa shape index (κ1) is 22.7. The van der Waals surface area contributed by atoms with E-state index >= 15 is 0 Å². The van der Waals surface area contributed by atoms with Crippen LogP contribution in [0.1, 0.15) is 42.1 Å². The molecule has 1 heterocycles. The topological polar surface area (TPSA) is 99.3 Å². The predicted octanol–water partition coefficient (Wildman–Crippen LogP) is 6.00. The maximum Gasteiger partial charge on any atom is 0.283 e. The van der Waals surface area contributed by atoms with Crippen molar-refractivity contribution in [3.8, 4) is 11.5 Å². The first-order chi connectivity index (χ1) is 15.7. The van der Waals surface area contributed by atoms with Crippen LogP contribution in [0.15, 0.2) is 42.5 Å². The lowest BCUT2D eigenvalue weighted by Gasteiger charge is -2.11. The highest BCUT2D eigenvalue weighted by Gasteiger charge is 2.34. The van der Waals surface area contributed by atoms with Crippen molar-refractivity contribution in [2.75, 3.05) is 5.32 Å². The summed E-state index contributed by atoms with van der Waals surface area (Å²) in [5.74, 6) is 0.0126. The van der Waals surface area contributed by atoms with E-state index < -0.39 is 22.9 Å². The molecule has 1 fully saturated rings. The summed E-state index contributed by atoms with van der Waals surface area (Å²) in [6, 6.07) is 11.0. The molecule has 1 amide bonds. The number of halogens is 3. The second kappa shape index (κ2) is 9.14. The number of nitrogens with zero attached hydrogens (tertiary/aromatic N) is 3. The van der Waals surface area contributed by atoms with Gasteiger partial charge in [0.15, 0.2) is 0 Å². The molecule has 2 aromatic carbocycles. The third-order valence-electron chi connectivity index (χ3n) is 5.06. The predicted molar refractivity (Wildman–Crippen MR) is 117 cm³/mol. The number of non-ortho nitro benzene ring substituents is 1. The number of aromatic nitrogens is 2. The fourth-order valence-corrected chi connectivity index (χ4v) is 3.75. The van der Waals surface area contributed by atoms with Crippen LogP contribution >= 0.6 is 11.6 Å². The van der Waals surface area contributed by atoms with Gasteiger partial charge < -0.3 is 10.1 Å². The Labute approximate surface area is 192 Å². The van der Waals surface area contributed by atoms with Crippen LogP contribution in [-0.2, 0) is 11.3 Å². The van der Waals surface area contributed by atoms with E-state index in [1.165, 1.54) is 22.9 Å². The summed E-state index contributed by atoms with van der Waals surface area (Å²) >= 11 is 6.08. The number of nitrogens with one attached hydrogen (secondary N) is 1. The molecule has 4 rings (SSSR count). The molecule has 172 valence electrons. The van der Waals surface area contributed by atoms with Gasteiger partial charge in [-0.3, -0.25) is 19.6 Å². The molecule has 8 nitrogen and oxygen atoms in total. The van der Waals surface area contributed by atoms with Gasteiger partial charge in [0.2, 0.25) is 5.91 Å². The maximum atomic E-state index is 13.2. The molecule has 3 aromatic rings. The van der Waals surface area contributed by atoms with Crippen molar-refractivity contribution < 1.29 is 23.2 Å². The SMILES string of the molecule is Cc1ccc(Oc2cc(NC(=O)Cn3nc(C(F)F)c(Cl)c3C3CC3)cc([N+](=O)[O-])c2)cc1. The minimum absolute atomic E-state index is 0.0161. The Morgan fingerprint density at radius 3 is 2.58 bits per heavy atom. The summed E-state index contributed by atoms with van der Waals surface area (Å²) in [5, 5.41) is 17.6. The van der Waals surface area contributed by atoms with Crippen molar-refractivity contribution in [2.24, 2.45) is 0 Å². The summed E-state index contributed by atoms with van der Waals surface area (Å²) in [5.41, 5.74) is 0.709. The number of nitro groups is 1. The second-order valence-corrected chi connectivity index (χ2v) is 8.13. The van der Waals surface area contributed by atoms with Gasteiger partial charge in [0, 0.05) is 18.1 Å². The highest BCUT2D eigenvalue weighted by molar-refractivity contribution is 6.32. The van der Waals surface area contributed by atoms with Crippen molar-refractivity contribution in [3.63, 3.8) is 0 Å². The molecular weight excluding hydrogens is 458 g/mol. The number of nitro benzene ring substituents is 1. The van der Waals surface area contributed by atoms with Gasteiger partial charge in [-0.1, -0.05) is 29.3 Å². The first-order valence-electron chi connectivity index (χ1n) is 10.1. The molecule has 33 heavy (non-hydrogen) atoms. The Bertz CT molecular complexity index is 1210. The van der Waals surface area contributed by atoms with E-state index in [-0.39, 0.29) is 34.6 Å². The van der Waals surface area contributed by atoms with Crippen LogP contribution in [0.4, 0.5) is 20.2 Å². The molecule has 0 bridgehead atoms. The average Bonchev–Trinajstić information content (AvgIpc) is 3.52. The van der Waals surface area contributed by atoms with E-state index in [0.29, 0.717) is 11.4 Å². The van der Waals surface area contributed by atoms with Crippen LogP contribution in [0.5, 0.6) is 11.5 Å². The number of anilines is 1. The summed E-state index contributed by atoms with van der Waals surface area (Å²) in [4.78, 5) is 23.4. The van der Waals surface area contributed by atoms with Crippen molar-refractivity contribution in [3.05, 3.63) is 74.6 Å². The van der Waals surface area contributed by atoms with Gasteiger partial charge in [0.25, 0.3) is 12.1 Å². The van der Waals surface area contributed by atoms with Crippen LogP contribution in [0.25, 0.3) is 0 Å². The van der Waals surface area contributed by atoms with Crippen LogP contribution in [-0.4, -0.2) is 20.6 Å². The zero-order chi connectivity index (χ0) is 23.7. The number of carbonyl (C=O) groups excluding carboxylic acids is 1. The number of alkyl halides is 2. The number of ether oxygens (including phenoxy) is 1. The van der Waals surface area contributed by atoms with Gasteiger partial charge in [-0.2, -0.15) is 5.10 Å². The molecule has 0 atom stereocenters. The molecule has 1 aliphatic rings. The number of carbonyl (C=O) groups is 1. The third-order valence-corrected chi connectivity index (χ3v) is 5.45. The summed E-state index contributed by atoms with van der Waals surface area (Å²) in [7, 11) is 0. The number of aryl methyl sites for hydroxylation is 1. The van der Waals surface area contributed by atoms with Crippen LogP contribution in [0.3, 0.4) is 0 Å². The molecule has 0 aliphatic heterocycles. The highest BCUT2D eigenvalue weighted by Crippen LogP contribution is 2.45. The second-order valence-electron chi connectivity index (χ2n) is 7.75. The minimum Gasteiger partial charge on any atom is -0.457 e. The fourth-order valence-electron chi connectivity index (χ4n) is 3.38. The van der Waals surface area contributed by atoms with Gasteiger partial charge in [0.1, 0.15) is 23.7 Å². The molecule has 1 saturated carbocycles. The van der Waals surface area contributed by atoms with Crippen molar-refractivity contribution in [1.82, 2.24) is 9.78 Å². The van der Waals surface area contributed by atoms with Gasteiger partial charge in [-0.05, 0) is 31.9 Å². The van der Waals surface area contributed by atoms with Gasteiger partial charge in [0.05, 0.1) is 27.4 Å². The molecular formula is C22H19ClF2N4O4. The van der Waals surface area contributed by atoms with E-state index in [9.17, 15) is 23.7 Å². The lowest BCUT2D eigenvalue weighted by atomic mass is 10.2. The normalized spacial score (nSPS) is 13.2. The Kier molecular flexibility index (Phi) is 6.28. The van der Waals surface area contributed by atoms with Crippen molar-refractivity contribution >= 4 is 28.9 Å². The third kappa shape index (κ3) is 5.28. The summed E-state index contributed by atoms with van der Waals surface area (Å²) in [6.45, 7) is 1.55. The van der Waals surface area contributed by atoms with E-state index in [2.05, 4.69) is 10.4 Å². The number of hydrogen-bond acceptors (Lipinski definition) is 5. The van der Waals surface area contributed by atoms with E-state index in [1.54, 1.807) is 12.1 Å². The molecule has 0 spiro atoms. The molecule has 1 aromatic heterocycles. The largest absolute Gasteiger partial charge is 0.457 e. The van der Waals surface area contributed by atoms with Crippen LogP contribution < -0.4 is 10.1 Å². The first-order valence-corrected chi connectivity index (χ1v) is 10.5. The summed E-state index contributed by atoms with van der Waals surface area (Å²) in [6.07, 6.45) is -1.31. The number of benzene rings is 2. The maximum absolute atomic E-state index is 13.2. The molecule has 0 saturated heterocycles. The van der Waals surface area contributed by atoms with Crippen LogP contribution in [0, 0.1) is 17.0 Å². The molecule has 0 radical (unpaired) electrons. The van der Waals surface area contributed by atoms with Crippen molar-refractivity contribution in [1.29, 1.82) is 0 Å². The average molecular weight is 477 g/mol. The van der Waals surface area contributed by atoms with Gasteiger partial charge >= 0.3 is 0 Å². The Hall–Kier alpha value is -3.53. The zero-order valence-corrected chi connectivity index (χ0v) is 18.2. The van der Waals surface area contributed by atoms with Gasteiger partial charge in [-0.15, -0.1) is 0 Å². The number of rotatable bonds is 8. The fraction of sp³-hybridized carbons (Fsp3) is 0.273. The Morgan fingerprint density at radius 1 is 1.27 bits per heavy atom. The van der Waals surface area contributed by atoms with Crippen molar-refractivity contribution in [2.45, 2.75) is 38.7 Å². The molecule has 0 unspecified atom stereocenters. The lowest BCUT2D eigenvalue weighted by Crippen LogP contribution is -2.21. The lowest BCUT2D eigenvalue weighted by molar-refractivity contribution is -0.384. The Morgan fingerprint density at radius 2 is 1.97 bits per heavy atom. The zero-order valence-electron chi connectivity index (χ0n) is 17.4. The highest BCUT2D eigenvalue weighted by atomic mass is 35.5. The molecule has 1 aliphatic carbocycles. The Balaban J connectivity index is 1.55. The van der Waals surface area contributed by atoms with E-state index in [4.69, 9.17) is 16.3 Å². The standard InChI is InChI=1S/C22H19ClF2N4O4/c1-12-2-6-16(7-3-12)33-17-9-14(8-15(10-17)29(31)32)26-18(30)11-28-21(13-4-5-13)19(23)20(27-28)22(24)25/h2-3,6-10,13,22H,4-5,11H2,1H3,(H,26,30). The number of hydrogen-bond donors (Lipinski definition) is 1. The smallest absolute Gasteiger partial charge is 0.283 e. The molecule has 1 N–H and O–H groups in total.